The smallest absolute Gasteiger partial charge is 0.181 e. The molecule has 2 N–H and O–H groups in total. The molecule has 15 heavy (non-hydrogen) atoms. The predicted molar refractivity (Wildman–Crippen MR) is 63.7 cm³/mol. The first-order chi connectivity index (χ1) is 7.20. The summed E-state index contributed by atoms with van der Waals surface area (Å²) in [4.78, 5) is 4.23. The second-order valence-corrected chi connectivity index (χ2v) is 5.00. The molecule has 1 heterocycles. The highest BCUT2D eigenvalue weighted by Crippen LogP contribution is 2.35. The molecule has 2 nitrogen and oxygen atoms in total. The molecule has 2 aromatic rings. The van der Waals surface area contributed by atoms with Gasteiger partial charge in [0, 0.05) is 5.56 Å². The van der Waals surface area contributed by atoms with Crippen LogP contribution < -0.4 is 5.73 Å². The van der Waals surface area contributed by atoms with Crippen LogP contribution in [0.1, 0.15) is 0 Å². The van der Waals surface area contributed by atoms with Gasteiger partial charge >= 0.3 is 0 Å². The lowest BCUT2D eigenvalue weighted by Gasteiger charge is -1.98. The van der Waals surface area contributed by atoms with Gasteiger partial charge in [-0.15, -0.1) is 11.8 Å². The number of nitrogens with two attached hydrogens (primary N) is 1. The van der Waals surface area contributed by atoms with Gasteiger partial charge in [-0.3, -0.25) is 0 Å². The van der Waals surface area contributed by atoms with Gasteiger partial charge in [-0.2, -0.15) is 0 Å². The molecule has 2 rings (SSSR count). The molecule has 0 aliphatic heterocycles. The lowest BCUT2D eigenvalue weighted by Crippen LogP contribution is -1.84. The highest BCUT2D eigenvalue weighted by atomic mass is 32.2. The van der Waals surface area contributed by atoms with E-state index in [4.69, 9.17) is 5.73 Å². The van der Waals surface area contributed by atoms with Crippen LogP contribution in [-0.4, -0.2) is 11.2 Å². The maximum absolute atomic E-state index is 12.7. The molecule has 0 atom stereocenters. The Kier molecular flexibility index (Phi) is 2.93. The predicted octanol–water partition coefficient (Wildman–Crippen LogP) is 3.25. The number of rotatable bonds is 2. The third kappa shape index (κ3) is 2.13. The average molecular weight is 240 g/mol. The molecule has 0 saturated carbocycles. The molecule has 0 fully saturated rings. The van der Waals surface area contributed by atoms with E-state index >= 15 is 0 Å². The van der Waals surface area contributed by atoms with E-state index in [1.165, 1.54) is 23.5 Å². The van der Waals surface area contributed by atoms with E-state index in [1.54, 1.807) is 23.9 Å². The first-order valence-corrected chi connectivity index (χ1v) is 6.31. The van der Waals surface area contributed by atoms with Gasteiger partial charge in [-0.25, -0.2) is 9.37 Å². The molecule has 0 aliphatic rings. The summed E-state index contributed by atoms with van der Waals surface area (Å²) in [5.41, 5.74) is 7.38. The van der Waals surface area contributed by atoms with Crippen molar-refractivity contribution in [2.75, 3.05) is 12.0 Å². The van der Waals surface area contributed by atoms with Crippen LogP contribution in [0.4, 0.5) is 9.52 Å². The van der Waals surface area contributed by atoms with Crippen LogP contribution in [0.2, 0.25) is 0 Å². The normalized spacial score (nSPS) is 10.5. The van der Waals surface area contributed by atoms with Gasteiger partial charge in [0.25, 0.3) is 0 Å². The number of benzene rings is 1. The SMILES string of the molecule is CSc1sc(N)nc1-c1ccc(F)cc1. The zero-order valence-electron chi connectivity index (χ0n) is 8.03. The second-order valence-electron chi connectivity index (χ2n) is 2.90. The van der Waals surface area contributed by atoms with E-state index in [1.807, 2.05) is 6.26 Å². The fourth-order valence-electron chi connectivity index (χ4n) is 1.25. The largest absolute Gasteiger partial charge is 0.375 e. The maximum atomic E-state index is 12.7. The van der Waals surface area contributed by atoms with Crippen molar-refractivity contribution >= 4 is 28.2 Å². The highest BCUT2D eigenvalue weighted by Gasteiger charge is 2.10. The van der Waals surface area contributed by atoms with Gasteiger partial charge in [0.1, 0.15) is 5.82 Å². The standard InChI is InChI=1S/C10H9FN2S2/c1-14-9-8(13-10(12)15-9)6-2-4-7(11)5-3-6/h2-5H,1H3,(H2,12,13). The summed E-state index contributed by atoms with van der Waals surface area (Å²) in [5.74, 6) is -0.243. The molecule has 0 bridgehead atoms. The van der Waals surface area contributed by atoms with E-state index in [0.717, 1.165) is 15.5 Å². The van der Waals surface area contributed by atoms with Gasteiger partial charge in [0.2, 0.25) is 0 Å². The number of hydrogen-bond acceptors (Lipinski definition) is 4. The van der Waals surface area contributed by atoms with Gasteiger partial charge in [-0.05, 0) is 30.5 Å². The van der Waals surface area contributed by atoms with E-state index in [2.05, 4.69) is 4.98 Å². The Hall–Kier alpha value is -1.07. The zero-order chi connectivity index (χ0) is 10.8. The summed E-state index contributed by atoms with van der Waals surface area (Å²) < 4.78 is 13.8. The minimum absolute atomic E-state index is 0.243. The number of halogens is 1. The van der Waals surface area contributed by atoms with Crippen LogP contribution in [0.5, 0.6) is 0 Å². The van der Waals surface area contributed by atoms with Gasteiger partial charge < -0.3 is 5.73 Å². The van der Waals surface area contributed by atoms with Crippen molar-refractivity contribution in [2.45, 2.75) is 4.21 Å². The first-order valence-electron chi connectivity index (χ1n) is 4.27. The molecule has 78 valence electrons. The van der Waals surface area contributed by atoms with E-state index < -0.39 is 0 Å². The molecule has 0 amide bonds. The summed E-state index contributed by atoms with van der Waals surface area (Å²) in [5, 5.41) is 0.540. The Bertz CT molecular complexity index is 465. The van der Waals surface area contributed by atoms with Crippen molar-refractivity contribution < 1.29 is 4.39 Å². The molecule has 0 radical (unpaired) electrons. The van der Waals surface area contributed by atoms with Crippen LogP contribution in [0.25, 0.3) is 11.3 Å². The summed E-state index contributed by atoms with van der Waals surface area (Å²) in [6.07, 6.45) is 1.97. The molecule has 0 spiro atoms. The van der Waals surface area contributed by atoms with E-state index in [-0.39, 0.29) is 5.82 Å². The lowest BCUT2D eigenvalue weighted by atomic mass is 10.2. The summed E-state index contributed by atoms with van der Waals surface area (Å²) >= 11 is 3.05. The first kappa shape index (κ1) is 10.4. The van der Waals surface area contributed by atoms with Crippen molar-refractivity contribution in [1.82, 2.24) is 4.98 Å². The van der Waals surface area contributed by atoms with E-state index in [0.29, 0.717) is 5.13 Å². The average Bonchev–Trinajstić information content (AvgIpc) is 2.61. The lowest BCUT2D eigenvalue weighted by molar-refractivity contribution is 0.628. The molecule has 1 aromatic carbocycles. The molecular weight excluding hydrogens is 231 g/mol. The minimum atomic E-state index is -0.243. The number of thioether (sulfide) groups is 1. The summed E-state index contributed by atoms with van der Waals surface area (Å²) in [6.45, 7) is 0. The van der Waals surface area contributed by atoms with Crippen LogP contribution in [0.15, 0.2) is 28.5 Å². The van der Waals surface area contributed by atoms with E-state index in [9.17, 15) is 4.39 Å². The Morgan fingerprint density at radius 2 is 2.00 bits per heavy atom. The third-order valence-corrected chi connectivity index (χ3v) is 3.91. The van der Waals surface area contributed by atoms with Crippen LogP contribution >= 0.6 is 23.1 Å². The van der Waals surface area contributed by atoms with Crippen LogP contribution in [0, 0.1) is 5.82 Å². The Morgan fingerprint density at radius 3 is 2.60 bits per heavy atom. The van der Waals surface area contributed by atoms with Gasteiger partial charge in [0.05, 0.1) is 9.90 Å². The Morgan fingerprint density at radius 1 is 1.33 bits per heavy atom. The molecule has 5 heteroatoms. The zero-order valence-corrected chi connectivity index (χ0v) is 9.66. The number of hydrogen-bond donors (Lipinski definition) is 1. The molecule has 0 unspecified atom stereocenters. The molecule has 0 saturated heterocycles. The quantitative estimate of drug-likeness (QED) is 0.819. The summed E-state index contributed by atoms with van der Waals surface area (Å²) in [7, 11) is 0. The fourth-order valence-corrected chi connectivity index (χ4v) is 2.78. The maximum Gasteiger partial charge on any atom is 0.181 e. The number of anilines is 1. The molecular formula is C10H9FN2S2. The number of nitrogen functional groups attached to an aromatic ring is 1. The molecule has 1 aromatic heterocycles. The minimum Gasteiger partial charge on any atom is -0.375 e. The van der Waals surface area contributed by atoms with Crippen LogP contribution in [-0.2, 0) is 0 Å². The monoisotopic (exact) mass is 240 g/mol. The van der Waals surface area contributed by atoms with Crippen molar-refractivity contribution in [1.29, 1.82) is 0 Å². The Labute approximate surface area is 95.3 Å². The fraction of sp³-hybridized carbons (Fsp3) is 0.100. The topological polar surface area (TPSA) is 38.9 Å². The van der Waals surface area contributed by atoms with Gasteiger partial charge in [0.15, 0.2) is 5.13 Å². The second kappa shape index (κ2) is 4.20. The van der Waals surface area contributed by atoms with Crippen molar-refractivity contribution in [2.24, 2.45) is 0 Å². The van der Waals surface area contributed by atoms with Crippen molar-refractivity contribution in [3.8, 4) is 11.3 Å². The number of thiazole rings is 1. The number of aromatic nitrogens is 1. The Balaban J connectivity index is 2.48. The van der Waals surface area contributed by atoms with Crippen molar-refractivity contribution in [3.63, 3.8) is 0 Å². The third-order valence-electron chi connectivity index (χ3n) is 1.92. The van der Waals surface area contributed by atoms with Crippen molar-refractivity contribution in [3.05, 3.63) is 30.1 Å². The number of nitrogens with zero attached hydrogens (tertiary/aromatic N) is 1. The highest BCUT2D eigenvalue weighted by molar-refractivity contribution is 8.00. The summed E-state index contributed by atoms with van der Waals surface area (Å²) in [6, 6.07) is 6.27. The molecule has 0 aliphatic carbocycles. The van der Waals surface area contributed by atoms with Gasteiger partial charge in [-0.1, -0.05) is 11.3 Å². The van der Waals surface area contributed by atoms with Crippen LogP contribution in [0.3, 0.4) is 0 Å².